The highest BCUT2D eigenvalue weighted by Gasteiger charge is 2.28. The molecule has 82 valence electrons. The normalized spacial score (nSPS) is 24.4. The molecule has 14 heavy (non-hydrogen) atoms. The van der Waals surface area contributed by atoms with Gasteiger partial charge in [0.05, 0.1) is 12.6 Å². The molecular weight excluding hydrogens is 180 g/mol. The summed E-state index contributed by atoms with van der Waals surface area (Å²) in [5.74, 6) is 0.0625. The van der Waals surface area contributed by atoms with E-state index in [2.05, 4.69) is 18.7 Å². The lowest BCUT2D eigenvalue weighted by Crippen LogP contribution is -2.57. The second-order valence-electron chi connectivity index (χ2n) is 4.14. The van der Waals surface area contributed by atoms with Crippen LogP contribution in [0.15, 0.2) is 0 Å². The molecule has 0 aliphatic carbocycles. The highest BCUT2D eigenvalue weighted by atomic mass is 16.3. The van der Waals surface area contributed by atoms with Crippen LogP contribution in [-0.2, 0) is 4.79 Å². The van der Waals surface area contributed by atoms with Crippen LogP contribution in [-0.4, -0.2) is 59.1 Å². The van der Waals surface area contributed by atoms with Crippen molar-refractivity contribution in [2.45, 2.75) is 32.9 Å². The Kier molecular flexibility index (Phi) is 3.89. The number of hydrogen-bond acceptors (Lipinski definition) is 3. The van der Waals surface area contributed by atoms with Crippen molar-refractivity contribution in [1.29, 1.82) is 0 Å². The number of carbonyl (C=O) groups is 1. The van der Waals surface area contributed by atoms with E-state index in [1.165, 1.54) is 0 Å². The van der Waals surface area contributed by atoms with Gasteiger partial charge in [-0.25, -0.2) is 0 Å². The summed E-state index contributed by atoms with van der Waals surface area (Å²) in [6.07, 6.45) is 0. The van der Waals surface area contributed by atoms with Crippen molar-refractivity contribution in [3.8, 4) is 0 Å². The first-order valence-electron chi connectivity index (χ1n) is 5.18. The fraction of sp³-hybridized carbons (Fsp3) is 0.900. The van der Waals surface area contributed by atoms with Crippen molar-refractivity contribution >= 4 is 5.91 Å². The number of aliphatic hydroxyl groups excluding tert-OH is 1. The van der Waals surface area contributed by atoms with Gasteiger partial charge in [0.25, 0.3) is 0 Å². The molecule has 4 heteroatoms. The number of nitrogens with zero attached hydrogens (tertiary/aromatic N) is 2. The third kappa shape index (κ3) is 2.45. The van der Waals surface area contributed by atoms with Crippen molar-refractivity contribution in [3.05, 3.63) is 0 Å². The van der Waals surface area contributed by atoms with Crippen molar-refractivity contribution in [2.75, 3.05) is 26.2 Å². The van der Waals surface area contributed by atoms with E-state index in [1.807, 2.05) is 0 Å². The monoisotopic (exact) mass is 200 g/mol. The van der Waals surface area contributed by atoms with Crippen LogP contribution >= 0.6 is 0 Å². The fourth-order valence-corrected chi connectivity index (χ4v) is 1.92. The summed E-state index contributed by atoms with van der Waals surface area (Å²) in [5, 5.41) is 9.19. The molecule has 0 bridgehead atoms. The summed E-state index contributed by atoms with van der Waals surface area (Å²) < 4.78 is 0. The van der Waals surface area contributed by atoms with Gasteiger partial charge >= 0.3 is 0 Å². The fourth-order valence-electron chi connectivity index (χ4n) is 1.92. The van der Waals surface area contributed by atoms with E-state index >= 15 is 0 Å². The molecule has 1 N–H and O–H groups in total. The molecule has 1 atom stereocenters. The van der Waals surface area contributed by atoms with Gasteiger partial charge in [0.1, 0.15) is 0 Å². The average Bonchev–Trinajstić information content (AvgIpc) is 2.16. The average molecular weight is 200 g/mol. The van der Waals surface area contributed by atoms with Gasteiger partial charge in [-0.1, -0.05) is 0 Å². The molecule has 1 saturated heterocycles. The molecule has 0 aromatic heterocycles. The molecule has 4 nitrogen and oxygen atoms in total. The van der Waals surface area contributed by atoms with Gasteiger partial charge in [-0.15, -0.1) is 0 Å². The van der Waals surface area contributed by atoms with E-state index in [0.717, 1.165) is 19.6 Å². The van der Waals surface area contributed by atoms with E-state index in [1.54, 1.807) is 11.8 Å². The third-order valence-electron chi connectivity index (χ3n) is 2.86. The van der Waals surface area contributed by atoms with Gasteiger partial charge in [0.2, 0.25) is 5.91 Å². The minimum absolute atomic E-state index is 0.0244. The van der Waals surface area contributed by atoms with Crippen molar-refractivity contribution in [2.24, 2.45) is 0 Å². The van der Waals surface area contributed by atoms with Gasteiger partial charge in [-0.2, -0.15) is 0 Å². The molecule has 1 aliphatic rings. The summed E-state index contributed by atoms with van der Waals surface area (Å²) in [5.41, 5.74) is 0. The van der Waals surface area contributed by atoms with Crippen LogP contribution in [0.2, 0.25) is 0 Å². The van der Waals surface area contributed by atoms with Gasteiger partial charge in [0.15, 0.2) is 0 Å². The summed E-state index contributed by atoms with van der Waals surface area (Å²) in [6.45, 7) is 8.33. The molecule has 1 amide bonds. The SMILES string of the molecule is CC(=O)N1CCN(C(C)C)C[C@@H]1CO. The van der Waals surface area contributed by atoms with E-state index in [0.29, 0.717) is 6.04 Å². The van der Waals surface area contributed by atoms with Gasteiger partial charge in [-0.3, -0.25) is 9.69 Å². The zero-order chi connectivity index (χ0) is 10.7. The topological polar surface area (TPSA) is 43.8 Å². The second-order valence-corrected chi connectivity index (χ2v) is 4.14. The quantitative estimate of drug-likeness (QED) is 0.678. The Balaban J connectivity index is 2.59. The lowest BCUT2D eigenvalue weighted by molar-refractivity contribution is -0.135. The zero-order valence-corrected chi connectivity index (χ0v) is 9.23. The van der Waals surface area contributed by atoms with E-state index in [-0.39, 0.29) is 18.6 Å². The largest absolute Gasteiger partial charge is 0.394 e. The Morgan fingerprint density at radius 2 is 2.14 bits per heavy atom. The Bertz CT molecular complexity index is 206. The van der Waals surface area contributed by atoms with Crippen molar-refractivity contribution in [1.82, 2.24) is 9.80 Å². The van der Waals surface area contributed by atoms with Crippen LogP contribution in [0.5, 0.6) is 0 Å². The smallest absolute Gasteiger partial charge is 0.219 e. The Morgan fingerprint density at radius 3 is 2.57 bits per heavy atom. The van der Waals surface area contributed by atoms with Crippen molar-refractivity contribution < 1.29 is 9.90 Å². The molecule has 1 heterocycles. The number of rotatable bonds is 2. The van der Waals surface area contributed by atoms with E-state index < -0.39 is 0 Å². The molecule has 0 saturated carbocycles. The van der Waals surface area contributed by atoms with E-state index in [9.17, 15) is 9.90 Å². The van der Waals surface area contributed by atoms with Gasteiger partial charge < -0.3 is 10.0 Å². The van der Waals surface area contributed by atoms with E-state index in [4.69, 9.17) is 0 Å². The summed E-state index contributed by atoms with van der Waals surface area (Å²) in [7, 11) is 0. The van der Waals surface area contributed by atoms with Gasteiger partial charge in [-0.05, 0) is 13.8 Å². The lowest BCUT2D eigenvalue weighted by atomic mass is 10.1. The Labute approximate surface area is 85.5 Å². The number of amides is 1. The molecule has 1 rings (SSSR count). The number of hydrogen-bond donors (Lipinski definition) is 1. The van der Waals surface area contributed by atoms with Crippen molar-refractivity contribution in [3.63, 3.8) is 0 Å². The summed E-state index contributed by atoms with van der Waals surface area (Å²) >= 11 is 0. The maximum Gasteiger partial charge on any atom is 0.219 e. The third-order valence-corrected chi connectivity index (χ3v) is 2.86. The highest BCUT2D eigenvalue weighted by molar-refractivity contribution is 5.73. The predicted octanol–water partition coefficient (Wildman–Crippen LogP) is -0.0802. The number of carbonyl (C=O) groups excluding carboxylic acids is 1. The predicted molar refractivity (Wildman–Crippen MR) is 55.0 cm³/mol. The molecule has 0 spiro atoms. The van der Waals surface area contributed by atoms with Crippen LogP contribution in [0.1, 0.15) is 20.8 Å². The number of piperazine rings is 1. The second kappa shape index (κ2) is 4.75. The number of aliphatic hydroxyl groups is 1. The maximum atomic E-state index is 11.2. The van der Waals surface area contributed by atoms with Crippen LogP contribution in [0.25, 0.3) is 0 Å². The minimum Gasteiger partial charge on any atom is -0.394 e. The molecule has 0 aromatic carbocycles. The molecular formula is C10H20N2O2. The van der Waals surface area contributed by atoms with Crippen LogP contribution in [0.4, 0.5) is 0 Å². The zero-order valence-electron chi connectivity index (χ0n) is 9.23. The Hall–Kier alpha value is -0.610. The first-order chi connectivity index (χ1) is 6.56. The molecule has 1 aliphatic heterocycles. The van der Waals surface area contributed by atoms with Crippen LogP contribution in [0, 0.1) is 0 Å². The summed E-state index contributed by atoms with van der Waals surface area (Å²) in [6, 6.07) is 0.460. The minimum atomic E-state index is -0.0244. The lowest BCUT2D eigenvalue weighted by Gasteiger charge is -2.42. The first kappa shape index (κ1) is 11.5. The van der Waals surface area contributed by atoms with Gasteiger partial charge in [0, 0.05) is 32.6 Å². The highest BCUT2D eigenvalue weighted by Crippen LogP contribution is 2.12. The maximum absolute atomic E-state index is 11.2. The molecule has 1 fully saturated rings. The molecule has 0 aromatic rings. The molecule has 0 radical (unpaired) electrons. The summed E-state index contributed by atoms with van der Waals surface area (Å²) in [4.78, 5) is 15.3. The molecule has 0 unspecified atom stereocenters. The Morgan fingerprint density at radius 1 is 1.50 bits per heavy atom. The van der Waals surface area contributed by atoms with Crippen LogP contribution in [0.3, 0.4) is 0 Å². The first-order valence-corrected chi connectivity index (χ1v) is 5.18. The standard InChI is InChI=1S/C10H20N2O2/c1-8(2)11-4-5-12(9(3)14)10(6-11)7-13/h8,10,13H,4-7H2,1-3H3/t10-/m1/s1. The van der Waals surface area contributed by atoms with Crippen LogP contribution < -0.4 is 0 Å².